The highest BCUT2D eigenvalue weighted by Crippen LogP contribution is 2.34. The molecular formula is C27H26ClFN10O. The first-order chi connectivity index (χ1) is 19.3. The van der Waals surface area contributed by atoms with Gasteiger partial charge in [0.15, 0.2) is 23.0 Å². The smallest absolute Gasteiger partial charge is 0.172 e. The number of hydrogen-bond acceptors (Lipinski definition) is 10. The molecule has 0 amide bonds. The zero-order valence-electron chi connectivity index (χ0n) is 21.6. The van der Waals surface area contributed by atoms with Crippen LogP contribution in [0.3, 0.4) is 0 Å². The summed E-state index contributed by atoms with van der Waals surface area (Å²) in [4.78, 5) is 28.5. The fourth-order valence-corrected chi connectivity index (χ4v) is 5.30. The second-order valence-corrected chi connectivity index (χ2v) is 10.1. The molecular weight excluding hydrogens is 535 g/mol. The molecule has 6 rings (SSSR count). The van der Waals surface area contributed by atoms with Crippen LogP contribution in [0.15, 0.2) is 55.4 Å². The van der Waals surface area contributed by atoms with Gasteiger partial charge in [-0.1, -0.05) is 17.7 Å². The molecule has 6 heterocycles. The minimum absolute atomic E-state index is 0.0602. The maximum atomic E-state index is 14.5. The molecule has 204 valence electrons. The van der Waals surface area contributed by atoms with Crippen molar-refractivity contribution in [2.24, 2.45) is 5.73 Å². The number of methoxy groups -OCH3 is 1. The van der Waals surface area contributed by atoms with Gasteiger partial charge in [0, 0.05) is 19.2 Å². The number of nitrogen functional groups attached to an aromatic ring is 1. The van der Waals surface area contributed by atoms with Crippen molar-refractivity contribution in [1.82, 2.24) is 34.5 Å². The predicted octanol–water partition coefficient (Wildman–Crippen LogP) is 3.56. The lowest BCUT2D eigenvalue weighted by Crippen LogP contribution is -2.52. The normalized spacial score (nSPS) is 17.4. The second kappa shape index (κ2) is 10.3. The number of anilines is 2. The number of nitrogens with two attached hydrogens (primary N) is 2. The summed E-state index contributed by atoms with van der Waals surface area (Å²) < 4.78 is 21.4. The number of pyridine rings is 3. The third kappa shape index (κ3) is 4.75. The van der Waals surface area contributed by atoms with E-state index >= 15 is 0 Å². The lowest BCUT2D eigenvalue weighted by molar-refractivity contribution is 0.345. The molecule has 13 heteroatoms. The number of ether oxygens (including phenoxy) is 1. The van der Waals surface area contributed by atoms with Crippen molar-refractivity contribution in [1.29, 1.82) is 0 Å². The Kier molecular flexibility index (Phi) is 6.64. The minimum atomic E-state index is -0.705. The first-order valence-corrected chi connectivity index (χ1v) is 13.0. The van der Waals surface area contributed by atoms with Crippen LogP contribution in [-0.4, -0.2) is 54.7 Å². The van der Waals surface area contributed by atoms with E-state index in [1.807, 2.05) is 22.8 Å². The highest BCUT2D eigenvalue weighted by molar-refractivity contribution is 6.29. The summed E-state index contributed by atoms with van der Waals surface area (Å²) in [6.07, 6.45) is 7.79. The second-order valence-electron chi connectivity index (χ2n) is 9.73. The highest BCUT2D eigenvalue weighted by Gasteiger charge is 2.35. The van der Waals surface area contributed by atoms with Gasteiger partial charge >= 0.3 is 0 Å². The van der Waals surface area contributed by atoms with Gasteiger partial charge in [-0.2, -0.15) is 0 Å². The van der Waals surface area contributed by atoms with E-state index in [0.717, 1.165) is 36.3 Å². The Morgan fingerprint density at radius 2 is 1.93 bits per heavy atom. The van der Waals surface area contributed by atoms with E-state index in [4.69, 9.17) is 27.8 Å². The molecule has 1 atom stereocenters. The third-order valence-corrected chi connectivity index (χ3v) is 7.34. The van der Waals surface area contributed by atoms with Gasteiger partial charge < -0.3 is 25.7 Å². The first kappa shape index (κ1) is 25.8. The minimum Gasteiger partial charge on any atom is -0.492 e. The van der Waals surface area contributed by atoms with E-state index in [9.17, 15) is 4.39 Å². The number of aromatic nitrogens is 7. The molecule has 0 saturated carbocycles. The number of hydrogen-bond donors (Lipinski definition) is 2. The Morgan fingerprint density at radius 3 is 2.73 bits per heavy atom. The van der Waals surface area contributed by atoms with Gasteiger partial charge in [-0.25, -0.2) is 24.3 Å². The van der Waals surface area contributed by atoms with E-state index in [-0.39, 0.29) is 5.75 Å². The van der Waals surface area contributed by atoms with E-state index in [2.05, 4.69) is 34.8 Å². The SMILES string of the molecule is COc1cnc(-c2cc(Cn3cnc4c(N)ncnc43)c(N3CCC[C@](N)(c4cccc(Cl)n4)C3)cn2)cc1F. The lowest BCUT2D eigenvalue weighted by Gasteiger charge is -2.41. The van der Waals surface area contributed by atoms with Crippen LogP contribution < -0.4 is 21.1 Å². The van der Waals surface area contributed by atoms with Crippen LogP contribution in [0.1, 0.15) is 24.1 Å². The molecule has 0 radical (unpaired) electrons. The highest BCUT2D eigenvalue weighted by atomic mass is 35.5. The van der Waals surface area contributed by atoms with Gasteiger partial charge in [-0.05, 0) is 36.6 Å². The average Bonchev–Trinajstić information content (AvgIpc) is 3.37. The molecule has 5 aromatic rings. The maximum Gasteiger partial charge on any atom is 0.172 e. The average molecular weight is 561 g/mol. The maximum absolute atomic E-state index is 14.5. The molecule has 0 aliphatic carbocycles. The Bertz CT molecular complexity index is 1710. The molecule has 5 aromatic heterocycles. The van der Waals surface area contributed by atoms with Crippen LogP contribution in [0, 0.1) is 5.82 Å². The van der Waals surface area contributed by atoms with Crippen LogP contribution in [0.5, 0.6) is 5.75 Å². The number of imidazole rings is 1. The summed E-state index contributed by atoms with van der Waals surface area (Å²) >= 11 is 6.19. The molecule has 1 fully saturated rings. The fourth-order valence-electron chi connectivity index (χ4n) is 5.13. The molecule has 1 aliphatic rings. The van der Waals surface area contributed by atoms with Gasteiger partial charge in [-0.3, -0.25) is 9.97 Å². The van der Waals surface area contributed by atoms with Gasteiger partial charge in [0.05, 0.1) is 60.7 Å². The zero-order valence-corrected chi connectivity index (χ0v) is 22.4. The summed E-state index contributed by atoms with van der Waals surface area (Å²) in [5.41, 5.74) is 16.7. The summed E-state index contributed by atoms with van der Waals surface area (Å²) in [5.74, 6) is -0.161. The summed E-state index contributed by atoms with van der Waals surface area (Å²) in [5, 5.41) is 0.402. The van der Waals surface area contributed by atoms with E-state index in [1.54, 1.807) is 18.6 Å². The Morgan fingerprint density at radius 1 is 1.10 bits per heavy atom. The van der Waals surface area contributed by atoms with Crippen LogP contribution in [0.25, 0.3) is 22.6 Å². The number of rotatable bonds is 6. The standard InChI is InChI=1S/C27H26ClFN10O/c1-40-21-11-33-19(9-17(21)29)18-8-16(12-39-15-36-24-25(30)34-14-35-26(24)39)20(10-32-18)38-7-3-6-27(31,13-38)22-4-2-5-23(28)37-22/h2,4-5,8-11,14-15H,3,6-7,12-13,31H2,1H3,(H2,30,34,35)/t27-/m1/s1. The number of fused-ring (bicyclic) bond motifs is 1. The topological polar surface area (TPSA) is 147 Å². The van der Waals surface area contributed by atoms with Crippen LogP contribution >= 0.6 is 11.6 Å². The molecule has 0 spiro atoms. The van der Waals surface area contributed by atoms with E-state index in [0.29, 0.717) is 46.6 Å². The fraction of sp³-hybridized carbons (Fsp3) is 0.259. The van der Waals surface area contributed by atoms with Crippen molar-refractivity contribution in [3.63, 3.8) is 0 Å². The third-order valence-electron chi connectivity index (χ3n) is 7.13. The molecule has 0 bridgehead atoms. The first-order valence-electron chi connectivity index (χ1n) is 12.6. The molecule has 0 aromatic carbocycles. The van der Waals surface area contributed by atoms with E-state index in [1.165, 1.54) is 25.7 Å². The molecule has 4 N–H and O–H groups in total. The van der Waals surface area contributed by atoms with Crippen molar-refractivity contribution in [2.45, 2.75) is 24.9 Å². The van der Waals surface area contributed by atoms with Crippen molar-refractivity contribution < 1.29 is 9.13 Å². The number of nitrogens with zero attached hydrogens (tertiary/aromatic N) is 8. The monoisotopic (exact) mass is 560 g/mol. The Hall–Kier alpha value is -4.42. The summed E-state index contributed by atoms with van der Waals surface area (Å²) in [6.45, 7) is 1.66. The summed E-state index contributed by atoms with van der Waals surface area (Å²) in [7, 11) is 1.39. The molecule has 0 unspecified atom stereocenters. The van der Waals surface area contributed by atoms with Gasteiger partial charge in [-0.15, -0.1) is 0 Å². The number of piperidine rings is 1. The molecule has 11 nitrogen and oxygen atoms in total. The van der Waals surface area contributed by atoms with Crippen LogP contribution in [-0.2, 0) is 12.1 Å². The van der Waals surface area contributed by atoms with Gasteiger partial charge in [0.1, 0.15) is 17.0 Å². The van der Waals surface area contributed by atoms with Crippen LogP contribution in [0.4, 0.5) is 15.9 Å². The molecule has 1 saturated heterocycles. The van der Waals surface area contributed by atoms with Gasteiger partial charge in [0.2, 0.25) is 0 Å². The lowest BCUT2D eigenvalue weighted by atomic mass is 9.86. The summed E-state index contributed by atoms with van der Waals surface area (Å²) in [6, 6.07) is 8.70. The van der Waals surface area contributed by atoms with Crippen molar-refractivity contribution in [3.8, 4) is 17.1 Å². The van der Waals surface area contributed by atoms with Crippen molar-refractivity contribution in [3.05, 3.63) is 77.6 Å². The van der Waals surface area contributed by atoms with Crippen molar-refractivity contribution in [2.75, 3.05) is 30.8 Å². The molecule has 40 heavy (non-hydrogen) atoms. The quantitative estimate of drug-likeness (QED) is 0.295. The molecule has 1 aliphatic heterocycles. The number of halogens is 2. The zero-order chi connectivity index (χ0) is 27.9. The van der Waals surface area contributed by atoms with Crippen molar-refractivity contribution >= 4 is 34.3 Å². The predicted molar refractivity (Wildman–Crippen MR) is 149 cm³/mol. The van der Waals surface area contributed by atoms with Gasteiger partial charge in [0.25, 0.3) is 0 Å². The Balaban J connectivity index is 1.42. The Labute approximate surface area is 234 Å². The van der Waals surface area contributed by atoms with Crippen LogP contribution in [0.2, 0.25) is 5.15 Å². The largest absolute Gasteiger partial charge is 0.492 e. The van der Waals surface area contributed by atoms with E-state index < -0.39 is 11.4 Å².